The number of phenols is 1. The summed E-state index contributed by atoms with van der Waals surface area (Å²) in [7, 11) is 0. The molecule has 0 bridgehead atoms. The minimum absolute atomic E-state index is 0.00972. The van der Waals surface area contributed by atoms with Crippen molar-refractivity contribution in [2.24, 2.45) is 0 Å². The molecule has 3 nitrogen and oxygen atoms in total. The highest BCUT2D eigenvalue weighted by molar-refractivity contribution is 5.93. The molecule has 0 saturated carbocycles. The van der Waals surface area contributed by atoms with Gasteiger partial charge in [-0.1, -0.05) is 47.6 Å². The van der Waals surface area contributed by atoms with Crippen LogP contribution in [-0.2, 0) is 10.8 Å². The lowest BCUT2D eigenvalue weighted by atomic mass is 9.78. The highest BCUT2D eigenvalue weighted by Gasteiger charge is 2.27. The van der Waals surface area contributed by atoms with E-state index >= 15 is 0 Å². The maximum Gasteiger partial charge on any atom is 0.339 e. The van der Waals surface area contributed by atoms with Gasteiger partial charge in [-0.05, 0) is 28.0 Å². The molecular weight excluding hydrogens is 228 g/mol. The van der Waals surface area contributed by atoms with Crippen molar-refractivity contribution in [1.82, 2.24) is 0 Å². The molecule has 3 heteroatoms. The van der Waals surface area contributed by atoms with Crippen LogP contribution in [-0.4, -0.2) is 16.2 Å². The highest BCUT2D eigenvalue weighted by Crippen LogP contribution is 2.36. The summed E-state index contributed by atoms with van der Waals surface area (Å²) in [5, 5.41) is 19.2. The van der Waals surface area contributed by atoms with Crippen LogP contribution in [0.2, 0.25) is 0 Å². The van der Waals surface area contributed by atoms with Gasteiger partial charge in [0, 0.05) is 0 Å². The molecule has 0 fully saturated rings. The molecule has 0 unspecified atom stereocenters. The van der Waals surface area contributed by atoms with Crippen LogP contribution >= 0.6 is 0 Å². The number of carboxylic acid groups (broad SMARTS) is 1. The summed E-state index contributed by atoms with van der Waals surface area (Å²) < 4.78 is 0. The third-order valence-corrected chi connectivity index (χ3v) is 3.01. The zero-order valence-corrected chi connectivity index (χ0v) is 12.0. The fourth-order valence-electron chi connectivity index (χ4n) is 1.88. The predicted octanol–water partition coefficient (Wildman–Crippen LogP) is 3.69. The molecule has 0 aliphatic rings. The van der Waals surface area contributed by atoms with Gasteiger partial charge in [-0.15, -0.1) is 0 Å². The molecule has 0 amide bonds. The van der Waals surface area contributed by atoms with Crippen molar-refractivity contribution in [1.29, 1.82) is 0 Å². The number of aromatic carboxylic acids is 1. The Morgan fingerprint density at radius 1 is 1.00 bits per heavy atom. The lowest BCUT2D eigenvalue weighted by Gasteiger charge is -2.27. The van der Waals surface area contributed by atoms with Crippen molar-refractivity contribution in [3.8, 4) is 5.75 Å². The van der Waals surface area contributed by atoms with E-state index in [0.29, 0.717) is 5.56 Å². The van der Waals surface area contributed by atoms with E-state index in [9.17, 15) is 15.0 Å². The first kappa shape index (κ1) is 14.6. The Labute approximate surface area is 108 Å². The van der Waals surface area contributed by atoms with E-state index in [1.54, 1.807) is 6.07 Å². The number of carboxylic acids is 1. The summed E-state index contributed by atoms with van der Waals surface area (Å²) in [4.78, 5) is 11.3. The maximum absolute atomic E-state index is 11.3. The Hall–Kier alpha value is -1.51. The molecule has 1 aromatic rings. The van der Waals surface area contributed by atoms with Crippen LogP contribution in [0.15, 0.2) is 12.1 Å². The van der Waals surface area contributed by atoms with Crippen LogP contribution in [0.1, 0.15) is 63.0 Å². The third-order valence-electron chi connectivity index (χ3n) is 3.01. The molecule has 0 aliphatic heterocycles. The smallest absolute Gasteiger partial charge is 0.339 e. The lowest BCUT2D eigenvalue weighted by Crippen LogP contribution is -2.20. The van der Waals surface area contributed by atoms with Crippen molar-refractivity contribution in [3.05, 3.63) is 28.8 Å². The minimum atomic E-state index is -1.09. The molecule has 18 heavy (non-hydrogen) atoms. The molecule has 0 aromatic heterocycles. The highest BCUT2D eigenvalue weighted by atomic mass is 16.4. The van der Waals surface area contributed by atoms with E-state index in [0.717, 1.165) is 5.56 Å². The van der Waals surface area contributed by atoms with Crippen LogP contribution in [0, 0.1) is 0 Å². The van der Waals surface area contributed by atoms with Gasteiger partial charge in [0.15, 0.2) is 0 Å². The molecule has 0 aliphatic carbocycles. The largest absolute Gasteiger partial charge is 0.507 e. The van der Waals surface area contributed by atoms with Crippen molar-refractivity contribution < 1.29 is 15.0 Å². The molecular formula is C15H22O3. The van der Waals surface area contributed by atoms with Crippen molar-refractivity contribution in [2.75, 3.05) is 0 Å². The Morgan fingerprint density at radius 2 is 1.50 bits per heavy atom. The number of rotatable bonds is 1. The average Bonchev–Trinajstić information content (AvgIpc) is 2.12. The van der Waals surface area contributed by atoms with Crippen molar-refractivity contribution >= 4 is 5.97 Å². The molecule has 0 atom stereocenters. The Bertz CT molecular complexity index is 474. The van der Waals surface area contributed by atoms with E-state index in [1.165, 1.54) is 0 Å². The molecule has 100 valence electrons. The number of carbonyl (C=O) groups is 1. The Kier molecular flexibility index (Phi) is 3.48. The number of hydrogen-bond donors (Lipinski definition) is 2. The minimum Gasteiger partial charge on any atom is -0.507 e. The Morgan fingerprint density at radius 3 is 1.83 bits per heavy atom. The van der Waals surface area contributed by atoms with E-state index in [2.05, 4.69) is 0 Å². The van der Waals surface area contributed by atoms with Crippen LogP contribution in [0.3, 0.4) is 0 Å². The van der Waals surface area contributed by atoms with Gasteiger partial charge in [0.05, 0.1) is 0 Å². The van der Waals surface area contributed by atoms with Gasteiger partial charge in [-0.3, -0.25) is 0 Å². The quantitative estimate of drug-likeness (QED) is 0.799. The first-order valence-corrected chi connectivity index (χ1v) is 6.06. The molecule has 0 saturated heterocycles. The monoisotopic (exact) mass is 250 g/mol. The molecule has 0 radical (unpaired) electrons. The molecule has 2 N–H and O–H groups in total. The molecule has 0 heterocycles. The van der Waals surface area contributed by atoms with E-state index in [4.69, 9.17) is 0 Å². The van der Waals surface area contributed by atoms with Gasteiger partial charge in [0.1, 0.15) is 11.3 Å². The second kappa shape index (κ2) is 4.30. The van der Waals surface area contributed by atoms with Crippen LogP contribution in [0.4, 0.5) is 0 Å². The van der Waals surface area contributed by atoms with Gasteiger partial charge >= 0.3 is 5.97 Å². The second-order valence-electron chi connectivity index (χ2n) is 6.72. The first-order valence-electron chi connectivity index (χ1n) is 6.06. The third kappa shape index (κ3) is 2.84. The topological polar surface area (TPSA) is 57.5 Å². The predicted molar refractivity (Wildman–Crippen MR) is 72.5 cm³/mol. The average molecular weight is 250 g/mol. The van der Waals surface area contributed by atoms with Gasteiger partial charge in [0.2, 0.25) is 0 Å². The summed E-state index contributed by atoms with van der Waals surface area (Å²) >= 11 is 0. The molecule has 0 spiro atoms. The number of hydrogen-bond acceptors (Lipinski definition) is 2. The zero-order valence-electron chi connectivity index (χ0n) is 12.0. The second-order valence-corrected chi connectivity index (χ2v) is 6.72. The molecule has 1 rings (SSSR count). The van der Waals surface area contributed by atoms with Gasteiger partial charge in [0.25, 0.3) is 0 Å². The lowest BCUT2D eigenvalue weighted by molar-refractivity contribution is 0.0690. The summed E-state index contributed by atoms with van der Waals surface area (Å²) in [5.41, 5.74) is 1.16. The normalized spacial score (nSPS) is 12.6. The van der Waals surface area contributed by atoms with Gasteiger partial charge in [-0.25, -0.2) is 4.79 Å². The van der Waals surface area contributed by atoms with Crippen molar-refractivity contribution in [3.63, 3.8) is 0 Å². The standard InChI is InChI=1S/C15H22O3/c1-14(2,3)9-7-10(15(4,5)6)12(13(17)18)11(16)8-9/h7-8,16H,1-6H3,(H,17,18). The summed E-state index contributed by atoms with van der Waals surface area (Å²) in [5.74, 6) is -1.24. The summed E-state index contributed by atoms with van der Waals surface area (Å²) in [6.45, 7) is 11.9. The van der Waals surface area contributed by atoms with E-state index < -0.39 is 5.97 Å². The maximum atomic E-state index is 11.3. The first-order chi connectivity index (χ1) is 7.94. The SMILES string of the molecule is CC(C)(C)c1cc(O)c(C(=O)O)c(C(C)(C)C)c1. The summed E-state index contributed by atoms with van der Waals surface area (Å²) in [6.07, 6.45) is 0. The van der Waals surface area contributed by atoms with Crippen molar-refractivity contribution in [2.45, 2.75) is 52.4 Å². The summed E-state index contributed by atoms with van der Waals surface area (Å²) in [6, 6.07) is 3.45. The van der Waals surface area contributed by atoms with Crippen LogP contribution in [0.5, 0.6) is 5.75 Å². The molecule has 1 aromatic carbocycles. The fraction of sp³-hybridized carbons (Fsp3) is 0.533. The van der Waals surface area contributed by atoms with Crippen LogP contribution in [0.25, 0.3) is 0 Å². The van der Waals surface area contributed by atoms with Crippen LogP contribution < -0.4 is 0 Å². The fourth-order valence-corrected chi connectivity index (χ4v) is 1.88. The number of aromatic hydroxyl groups is 1. The Balaban J connectivity index is 3.64. The van der Waals surface area contributed by atoms with Gasteiger partial charge < -0.3 is 10.2 Å². The van der Waals surface area contributed by atoms with E-state index in [1.807, 2.05) is 47.6 Å². The number of benzene rings is 1. The van der Waals surface area contributed by atoms with E-state index in [-0.39, 0.29) is 22.1 Å². The zero-order chi connectivity index (χ0) is 14.3. The van der Waals surface area contributed by atoms with Gasteiger partial charge in [-0.2, -0.15) is 0 Å².